The molecule has 0 aliphatic carbocycles. The van der Waals surface area contributed by atoms with Crippen LogP contribution in [0.3, 0.4) is 0 Å². The quantitative estimate of drug-likeness (QED) is 0.527. The van der Waals surface area contributed by atoms with Crippen LogP contribution in [0.15, 0.2) is 30.3 Å². The molecule has 0 N–H and O–H groups in total. The highest BCUT2D eigenvalue weighted by atomic mass is 31.2. The van der Waals surface area contributed by atoms with E-state index in [0.29, 0.717) is 11.3 Å². The standard InChI is InChI=1S/C8H9O3P/c1-11-12(10,7-9)8-5-3-2-4-6-8/h2-7H,1H3. The first-order valence-electron chi connectivity index (χ1n) is 3.40. The Morgan fingerprint density at radius 2 is 1.92 bits per heavy atom. The van der Waals surface area contributed by atoms with Crippen LogP contribution in [-0.4, -0.2) is 13.1 Å². The highest BCUT2D eigenvalue weighted by Gasteiger charge is 2.22. The zero-order valence-electron chi connectivity index (χ0n) is 6.64. The van der Waals surface area contributed by atoms with Gasteiger partial charge in [0.2, 0.25) is 6.03 Å². The van der Waals surface area contributed by atoms with Gasteiger partial charge in [-0.05, 0) is 12.1 Å². The van der Waals surface area contributed by atoms with Crippen molar-refractivity contribution in [2.45, 2.75) is 0 Å². The van der Waals surface area contributed by atoms with Crippen molar-refractivity contribution < 1.29 is 13.9 Å². The highest BCUT2D eigenvalue weighted by molar-refractivity contribution is 7.80. The molecule has 1 rings (SSSR count). The van der Waals surface area contributed by atoms with Crippen LogP contribution in [0.25, 0.3) is 0 Å². The number of benzene rings is 1. The van der Waals surface area contributed by atoms with Crippen LogP contribution in [0, 0.1) is 0 Å². The Morgan fingerprint density at radius 3 is 2.33 bits per heavy atom. The molecule has 0 amide bonds. The Bertz CT molecular complexity index is 307. The minimum Gasteiger partial charge on any atom is -0.324 e. The van der Waals surface area contributed by atoms with Crippen molar-refractivity contribution in [1.29, 1.82) is 0 Å². The van der Waals surface area contributed by atoms with Crippen LogP contribution in [0.2, 0.25) is 0 Å². The Balaban J connectivity index is 3.12. The second kappa shape index (κ2) is 3.65. The Morgan fingerprint density at radius 1 is 1.33 bits per heavy atom. The molecule has 1 aromatic carbocycles. The third kappa shape index (κ3) is 1.63. The first-order valence-corrected chi connectivity index (χ1v) is 5.10. The third-order valence-electron chi connectivity index (χ3n) is 1.53. The van der Waals surface area contributed by atoms with Crippen molar-refractivity contribution in [2.75, 3.05) is 7.11 Å². The molecule has 1 atom stereocenters. The summed E-state index contributed by atoms with van der Waals surface area (Å²) in [6, 6.07) is 8.79. The van der Waals surface area contributed by atoms with Crippen LogP contribution >= 0.6 is 7.37 Å². The van der Waals surface area contributed by atoms with Gasteiger partial charge in [-0.25, -0.2) is 0 Å². The van der Waals surface area contributed by atoms with Crippen LogP contribution in [0.4, 0.5) is 0 Å². The summed E-state index contributed by atoms with van der Waals surface area (Å²) in [6.07, 6.45) is 0. The molecule has 1 aromatic rings. The lowest BCUT2D eigenvalue weighted by molar-refractivity contribution is 0.410. The van der Waals surface area contributed by atoms with Gasteiger partial charge < -0.3 is 4.52 Å². The van der Waals surface area contributed by atoms with E-state index < -0.39 is 7.37 Å². The Kier molecular flexibility index (Phi) is 2.79. The average Bonchev–Trinajstić information content (AvgIpc) is 2.18. The van der Waals surface area contributed by atoms with Crippen molar-refractivity contribution in [3.63, 3.8) is 0 Å². The molecule has 1 unspecified atom stereocenters. The summed E-state index contributed by atoms with van der Waals surface area (Å²) < 4.78 is 16.2. The predicted molar refractivity (Wildman–Crippen MR) is 47.4 cm³/mol. The second-order valence-corrected chi connectivity index (χ2v) is 4.51. The molecule has 0 saturated heterocycles. The first kappa shape index (κ1) is 9.17. The third-order valence-corrected chi connectivity index (χ3v) is 3.36. The largest absolute Gasteiger partial charge is 0.324 e. The van der Waals surface area contributed by atoms with E-state index in [1.165, 1.54) is 7.11 Å². The molecule has 0 aromatic heterocycles. The highest BCUT2D eigenvalue weighted by Crippen LogP contribution is 2.40. The van der Waals surface area contributed by atoms with Crippen LogP contribution < -0.4 is 5.30 Å². The molecule has 0 saturated carbocycles. The van der Waals surface area contributed by atoms with Crippen LogP contribution in [0.1, 0.15) is 0 Å². The monoisotopic (exact) mass is 184 g/mol. The lowest BCUT2D eigenvalue weighted by Crippen LogP contribution is -2.05. The van der Waals surface area contributed by atoms with Gasteiger partial charge in [0.1, 0.15) is 0 Å². The molecule has 0 aliphatic rings. The molecule has 0 spiro atoms. The van der Waals surface area contributed by atoms with Gasteiger partial charge in [-0.3, -0.25) is 9.36 Å². The van der Waals surface area contributed by atoms with E-state index in [9.17, 15) is 9.36 Å². The van der Waals surface area contributed by atoms with Crippen molar-refractivity contribution in [2.24, 2.45) is 0 Å². The normalized spacial score (nSPS) is 15.1. The number of rotatable bonds is 3. The molecule has 64 valence electrons. The molecule has 0 bridgehead atoms. The van der Waals surface area contributed by atoms with Gasteiger partial charge in [-0.15, -0.1) is 0 Å². The first-order chi connectivity index (χ1) is 5.73. The summed E-state index contributed by atoms with van der Waals surface area (Å²) in [5.74, 6) is 0. The second-order valence-electron chi connectivity index (χ2n) is 2.22. The van der Waals surface area contributed by atoms with Gasteiger partial charge >= 0.3 is 0 Å². The molecular formula is C8H9O3P. The van der Waals surface area contributed by atoms with E-state index in [0.717, 1.165) is 0 Å². The van der Waals surface area contributed by atoms with Crippen molar-refractivity contribution >= 4 is 18.7 Å². The lowest BCUT2D eigenvalue weighted by Gasteiger charge is -2.07. The van der Waals surface area contributed by atoms with E-state index in [2.05, 4.69) is 4.52 Å². The SMILES string of the molecule is COP(=O)(C=O)c1ccccc1. The van der Waals surface area contributed by atoms with Crippen molar-refractivity contribution in [1.82, 2.24) is 0 Å². The minimum absolute atomic E-state index is 0.363. The summed E-state index contributed by atoms with van der Waals surface area (Å²) in [5.41, 5.74) is 0. The summed E-state index contributed by atoms with van der Waals surface area (Å²) >= 11 is 0. The zero-order valence-corrected chi connectivity index (χ0v) is 7.53. The van der Waals surface area contributed by atoms with E-state index in [-0.39, 0.29) is 0 Å². The van der Waals surface area contributed by atoms with Gasteiger partial charge in [-0.1, -0.05) is 18.2 Å². The lowest BCUT2D eigenvalue weighted by atomic mass is 10.4. The maximum absolute atomic E-state index is 11.6. The molecule has 0 aliphatic heterocycles. The molecule has 0 radical (unpaired) electrons. The fourth-order valence-corrected chi connectivity index (χ4v) is 1.85. The number of carbonyl (C=O) groups is 1. The summed E-state index contributed by atoms with van der Waals surface area (Å²) in [5, 5.41) is 0.433. The van der Waals surface area contributed by atoms with Gasteiger partial charge in [0.05, 0.1) is 0 Å². The van der Waals surface area contributed by atoms with Gasteiger partial charge in [0.15, 0.2) is 0 Å². The zero-order chi connectivity index (χ0) is 9.03. The van der Waals surface area contributed by atoms with E-state index in [4.69, 9.17) is 0 Å². The maximum Gasteiger partial charge on any atom is 0.292 e. The molecular weight excluding hydrogens is 175 g/mol. The number of carbonyl (C=O) groups excluding carboxylic acids is 1. The molecule has 3 nitrogen and oxygen atoms in total. The average molecular weight is 184 g/mol. The topological polar surface area (TPSA) is 43.4 Å². The fourth-order valence-electron chi connectivity index (χ4n) is 0.845. The smallest absolute Gasteiger partial charge is 0.292 e. The van der Waals surface area contributed by atoms with E-state index in [1.54, 1.807) is 30.3 Å². The van der Waals surface area contributed by atoms with E-state index in [1.807, 2.05) is 0 Å². The maximum atomic E-state index is 11.6. The summed E-state index contributed by atoms with van der Waals surface area (Å²) in [7, 11) is -1.95. The minimum atomic E-state index is -3.21. The fraction of sp³-hybridized carbons (Fsp3) is 0.125. The molecule has 0 heterocycles. The molecule has 12 heavy (non-hydrogen) atoms. The molecule has 0 fully saturated rings. The Labute approximate surface area is 70.8 Å². The summed E-state index contributed by atoms with van der Waals surface area (Å²) in [6.45, 7) is 0. The van der Waals surface area contributed by atoms with Crippen LogP contribution in [-0.2, 0) is 13.9 Å². The van der Waals surface area contributed by atoms with Gasteiger partial charge in [0, 0.05) is 12.4 Å². The van der Waals surface area contributed by atoms with Crippen molar-refractivity contribution in [3.05, 3.63) is 30.3 Å². The molecule has 4 heteroatoms. The number of hydrogen-bond acceptors (Lipinski definition) is 3. The number of hydrogen-bond donors (Lipinski definition) is 0. The van der Waals surface area contributed by atoms with Crippen LogP contribution in [0.5, 0.6) is 0 Å². The van der Waals surface area contributed by atoms with Crippen molar-refractivity contribution in [3.8, 4) is 0 Å². The van der Waals surface area contributed by atoms with Gasteiger partial charge in [0.25, 0.3) is 7.37 Å². The predicted octanol–water partition coefficient (Wildman–Crippen LogP) is 1.43. The van der Waals surface area contributed by atoms with E-state index >= 15 is 0 Å². The van der Waals surface area contributed by atoms with Gasteiger partial charge in [-0.2, -0.15) is 0 Å². The summed E-state index contributed by atoms with van der Waals surface area (Å²) in [4.78, 5) is 10.5. The Hall–Kier alpha value is -0.920.